The summed E-state index contributed by atoms with van der Waals surface area (Å²) in [5.74, 6) is 2.68. The molecule has 39 heavy (non-hydrogen) atoms. The van der Waals surface area contributed by atoms with E-state index in [0.29, 0.717) is 16.3 Å². The van der Waals surface area contributed by atoms with E-state index in [0.717, 1.165) is 70.6 Å². The molecule has 198 valence electrons. The van der Waals surface area contributed by atoms with E-state index in [1.165, 1.54) is 18.7 Å². The average molecular weight is 542 g/mol. The van der Waals surface area contributed by atoms with E-state index in [2.05, 4.69) is 20.5 Å². The molecular weight excluding hydrogens is 513 g/mol. The molecule has 1 aliphatic rings. The van der Waals surface area contributed by atoms with Gasteiger partial charge in [-0.05, 0) is 60.2 Å². The van der Waals surface area contributed by atoms with Gasteiger partial charge < -0.3 is 9.55 Å². The number of hydrogen-bond donors (Lipinski definition) is 1. The van der Waals surface area contributed by atoms with Crippen LogP contribution < -0.4 is 5.43 Å². The number of pyridine rings is 2. The van der Waals surface area contributed by atoms with Gasteiger partial charge in [0.1, 0.15) is 10.5 Å². The van der Waals surface area contributed by atoms with Crippen LogP contribution in [0.25, 0.3) is 44.0 Å². The first-order valence-corrected chi connectivity index (χ1v) is 14.6. The number of fused-ring (bicyclic) bond motifs is 4. The predicted molar refractivity (Wildman–Crippen MR) is 153 cm³/mol. The first-order chi connectivity index (χ1) is 18.7. The molecule has 1 N–H and O–H groups in total. The Kier molecular flexibility index (Phi) is 6.07. The van der Waals surface area contributed by atoms with E-state index in [1.54, 1.807) is 0 Å². The fraction of sp³-hybridized carbons (Fsp3) is 0.290. The third-order valence-electron chi connectivity index (χ3n) is 7.95. The van der Waals surface area contributed by atoms with Crippen molar-refractivity contribution in [3.63, 3.8) is 0 Å². The Morgan fingerprint density at radius 2 is 1.85 bits per heavy atom. The molecule has 0 atom stereocenters. The van der Waals surface area contributed by atoms with E-state index in [1.807, 2.05) is 44.2 Å². The third-order valence-corrected chi connectivity index (χ3v) is 8.74. The smallest absolute Gasteiger partial charge is 0.333 e. The summed E-state index contributed by atoms with van der Waals surface area (Å²) >= 11 is 0. The van der Waals surface area contributed by atoms with Gasteiger partial charge in [0, 0.05) is 45.9 Å². The maximum atomic E-state index is 14.1. The Balaban J connectivity index is 1.76. The van der Waals surface area contributed by atoms with Crippen LogP contribution in [0.1, 0.15) is 69.0 Å². The minimum atomic E-state index is -4.93. The number of rotatable bonds is 4. The maximum absolute atomic E-state index is 14.1. The van der Waals surface area contributed by atoms with Gasteiger partial charge in [-0.1, -0.05) is 45.1 Å². The molecule has 3 heterocycles. The zero-order chi connectivity index (χ0) is 27.5. The summed E-state index contributed by atoms with van der Waals surface area (Å²) in [5.41, 5.74) is 5.06. The van der Waals surface area contributed by atoms with Crippen LogP contribution in [0.3, 0.4) is 0 Å². The molecule has 0 amide bonds. The lowest BCUT2D eigenvalue weighted by molar-refractivity contribution is 0.365. The number of benzene rings is 2. The molecule has 1 fully saturated rings. The highest BCUT2D eigenvalue weighted by atomic mass is 32.3. The van der Waals surface area contributed by atoms with Crippen LogP contribution in [-0.2, 0) is 10.2 Å². The van der Waals surface area contributed by atoms with Crippen molar-refractivity contribution in [1.82, 2.24) is 14.5 Å². The van der Waals surface area contributed by atoms with Gasteiger partial charge in [-0.25, -0.2) is 0 Å². The summed E-state index contributed by atoms with van der Waals surface area (Å²) in [7, 11) is -4.93. The summed E-state index contributed by atoms with van der Waals surface area (Å²) < 4.78 is 39.5. The number of nitrogens with zero attached hydrogens (tertiary/aromatic N) is 2. The quantitative estimate of drug-likeness (QED) is 0.197. The van der Waals surface area contributed by atoms with Crippen LogP contribution in [-0.4, -0.2) is 23.0 Å². The number of halogens is 1. The second-order valence-electron chi connectivity index (χ2n) is 10.7. The Morgan fingerprint density at radius 3 is 2.54 bits per heavy atom. The largest absolute Gasteiger partial charge is 0.340 e. The number of H-pyrrole nitrogens is 1. The number of terminal acetylenes is 1. The van der Waals surface area contributed by atoms with Gasteiger partial charge in [0.05, 0.1) is 10.9 Å². The number of nitrogens with one attached hydrogen (secondary N) is 1. The minimum Gasteiger partial charge on any atom is -0.340 e. The highest BCUT2D eigenvalue weighted by Gasteiger charge is 2.25. The van der Waals surface area contributed by atoms with Gasteiger partial charge in [-0.15, -0.1) is 10.3 Å². The lowest BCUT2D eigenvalue weighted by Gasteiger charge is -2.28. The molecule has 1 saturated carbocycles. The van der Waals surface area contributed by atoms with Crippen LogP contribution in [0.2, 0.25) is 0 Å². The summed E-state index contributed by atoms with van der Waals surface area (Å²) in [6, 6.07) is 11.0. The van der Waals surface area contributed by atoms with Crippen molar-refractivity contribution < 1.29 is 12.3 Å². The van der Waals surface area contributed by atoms with Crippen LogP contribution in [0.4, 0.5) is 3.89 Å². The monoisotopic (exact) mass is 541 g/mol. The second-order valence-corrected chi connectivity index (χ2v) is 12.0. The molecule has 6 rings (SSSR count). The summed E-state index contributed by atoms with van der Waals surface area (Å²) in [4.78, 5) is 21.2. The van der Waals surface area contributed by atoms with Gasteiger partial charge in [0.25, 0.3) is 0 Å². The van der Waals surface area contributed by atoms with Crippen molar-refractivity contribution in [2.24, 2.45) is 0 Å². The van der Waals surface area contributed by atoms with Crippen molar-refractivity contribution >= 4 is 43.1 Å². The van der Waals surface area contributed by atoms with Gasteiger partial charge in [-0.3, -0.25) is 9.78 Å². The normalized spacial score (nSPS) is 14.9. The first-order valence-electron chi connectivity index (χ1n) is 13.2. The summed E-state index contributed by atoms with van der Waals surface area (Å²) in [6.45, 7) is 4.03. The highest BCUT2D eigenvalue weighted by molar-refractivity contribution is 7.86. The standard InChI is InChI=1S/C31H28FN3O3S/c1-4-19-10-11-23-27(12-19)34-31-29(23)30(36)26-14-24(18(2)3)25(20-13-22(17-33-16-20)39(32,37)38)15-28(26)35(31)21-8-6-5-7-9-21/h1,10-18,21,34H,5-9H2,2-3H3. The van der Waals surface area contributed by atoms with E-state index in [-0.39, 0.29) is 17.4 Å². The number of aromatic amines is 1. The van der Waals surface area contributed by atoms with Gasteiger partial charge in [0.2, 0.25) is 0 Å². The van der Waals surface area contributed by atoms with Crippen molar-refractivity contribution in [2.45, 2.75) is 62.8 Å². The van der Waals surface area contributed by atoms with Crippen molar-refractivity contribution in [1.29, 1.82) is 0 Å². The molecule has 8 heteroatoms. The lowest BCUT2D eigenvalue weighted by atomic mass is 9.90. The van der Waals surface area contributed by atoms with Crippen LogP contribution in [0, 0.1) is 12.3 Å². The molecular formula is C31H28FN3O3S. The molecule has 3 aromatic heterocycles. The molecule has 0 unspecified atom stereocenters. The van der Waals surface area contributed by atoms with Gasteiger partial charge >= 0.3 is 10.2 Å². The molecule has 0 radical (unpaired) electrons. The molecule has 6 nitrogen and oxygen atoms in total. The van der Waals surface area contributed by atoms with Crippen molar-refractivity contribution in [3.8, 4) is 23.5 Å². The van der Waals surface area contributed by atoms with Gasteiger partial charge in [-0.2, -0.15) is 8.42 Å². The molecule has 0 spiro atoms. The molecule has 1 aliphatic carbocycles. The number of aromatic nitrogens is 3. The summed E-state index contributed by atoms with van der Waals surface area (Å²) in [6.07, 6.45) is 13.5. The Hall–Kier alpha value is -3.96. The molecule has 0 aliphatic heterocycles. The zero-order valence-corrected chi connectivity index (χ0v) is 22.6. The molecule has 0 bridgehead atoms. The fourth-order valence-electron chi connectivity index (χ4n) is 6.07. The Morgan fingerprint density at radius 1 is 1.08 bits per heavy atom. The van der Waals surface area contributed by atoms with Crippen molar-refractivity contribution in [3.05, 3.63) is 70.1 Å². The van der Waals surface area contributed by atoms with Crippen LogP contribution in [0.15, 0.2) is 58.5 Å². The predicted octanol–water partition coefficient (Wildman–Crippen LogP) is 6.97. The Bertz CT molecular complexity index is 1990. The summed E-state index contributed by atoms with van der Waals surface area (Å²) in [5, 5.41) is 2.08. The molecule has 2 aromatic carbocycles. The Labute approximate surface area is 226 Å². The van der Waals surface area contributed by atoms with Crippen LogP contribution in [0.5, 0.6) is 0 Å². The van der Waals surface area contributed by atoms with E-state index >= 15 is 0 Å². The van der Waals surface area contributed by atoms with Crippen molar-refractivity contribution in [2.75, 3.05) is 0 Å². The van der Waals surface area contributed by atoms with Crippen LogP contribution >= 0.6 is 0 Å². The molecule has 5 aromatic rings. The maximum Gasteiger partial charge on any atom is 0.333 e. The highest BCUT2D eigenvalue weighted by Crippen LogP contribution is 2.39. The van der Waals surface area contributed by atoms with E-state index < -0.39 is 15.1 Å². The lowest BCUT2D eigenvalue weighted by Crippen LogP contribution is -2.18. The number of hydrogen-bond acceptors (Lipinski definition) is 4. The van der Waals surface area contributed by atoms with E-state index in [4.69, 9.17) is 6.42 Å². The SMILES string of the molecule is C#Cc1ccc2c(c1)[nH]c1c2c(=O)c2cc(C(C)C)c(-c3cncc(S(=O)(=O)F)c3)cc2n1C1CCCCC1. The minimum absolute atomic E-state index is 0.00872. The fourth-order valence-corrected chi connectivity index (χ4v) is 6.53. The topological polar surface area (TPSA) is 84.8 Å². The average Bonchev–Trinajstić information content (AvgIpc) is 3.31. The van der Waals surface area contributed by atoms with E-state index in [9.17, 15) is 17.1 Å². The second kappa shape index (κ2) is 9.35. The molecule has 0 saturated heterocycles. The third kappa shape index (κ3) is 4.22. The first kappa shape index (κ1) is 25.3. The zero-order valence-electron chi connectivity index (χ0n) is 21.8. The van der Waals surface area contributed by atoms with Gasteiger partial charge in [0.15, 0.2) is 5.43 Å².